The molecule has 6 heteroatoms. The fourth-order valence-electron chi connectivity index (χ4n) is 2.63. The van der Waals surface area contributed by atoms with Crippen LogP contribution in [0.15, 0.2) is 53.1 Å². The highest BCUT2D eigenvalue weighted by atomic mass is 16.5. The molecular weight excluding hydrogens is 368 g/mol. The lowest BCUT2D eigenvalue weighted by Crippen LogP contribution is -2.18. The zero-order valence-corrected chi connectivity index (χ0v) is 17.4. The first-order chi connectivity index (χ1) is 14.1. The Kier molecular flexibility index (Phi) is 8.76. The second kappa shape index (κ2) is 11.5. The summed E-state index contributed by atoms with van der Waals surface area (Å²) in [6.07, 6.45) is 3.58. The minimum Gasteiger partial charge on any atom is -0.490 e. The molecule has 2 aromatic rings. The van der Waals surface area contributed by atoms with E-state index in [2.05, 4.69) is 10.5 Å². The molecule has 0 spiro atoms. The summed E-state index contributed by atoms with van der Waals surface area (Å²) in [7, 11) is 0. The van der Waals surface area contributed by atoms with Crippen LogP contribution in [-0.4, -0.2) is 31.9 Å². The molecule has 0 aromatic heterocycles. The molecule has 0 aliphatic heterocycles. The van der Waals surface area contributed by atoms with Crippen molar-refractivity contribution in [3.63, 3.8) is 0 Å². The van der Waals surface area contributed by atoms with E-state index in [0.717, 1.165) is 11.1 Å². The predicted molar refractivity (Wildman–Crippen MR) is 116 cm³/mol. The first-order valence-electron chi connectivity index (χ1n) is 9.72. The molecule has 0 saturated heterocycles. The zero-order chi connectivity index (χ0) is 21.1. The third-order valence-corrected chi connectivity index (χ3v) is 3.80. The minimum absolute atomic E-state index is 0.362. The second-order valence-corrected chi connectivity index (χ2v) is 6.10. The maximum Gasteiger partial charge on any atom is 0.271 e. The van der Waals surface area contributed by atoms with E-state index in [4.69, 9.17) is 14.2 Å². The molecule has 0 aliphatic rings. The van der Waals surface area contributed by atoms with Crippen molar-refractivity contribution < 1.29 is 19.0 Å². The van der Waals surface area contributed by atoms with E-state index in [-0.39, 0.29) is 5.91 Å². The largest absolute Gasteiger partial charge is 0.490 e. The van der Waals surface area contributed by atoms with Gasteiger partial charge in [0.15, 0.2) is 11.5 Å². The highest BCUT2D eigenvalue weighted by molar-refractivity contribution is 5.96. The predicted octanol–water partition coefficient (Wildman–Crippen LogP) is 4.70. The average Bonchev–Trinajstić information content (AvgIpc) is 2.71. The van der Waals surface area contributed by atoms with Crippen LogP contribution in [-0.2, 0) is 0 Å². The Hall–Kier alpha value is -3.28. The van der Waals surface area contributed by atoms with Crippen LogP contribution in [0.3, 0.4) is 0 Å². The standard InChI is InChI=1S/C23H28N2O4/c1-5-27-20-14-19(15-21(28-6-2)22(20)29-7-3)23(26)25-24-16-17(4)13-18-11-9-8-10-12-18/h8-16H,5-7H2,1-4H3,(H,25,26)/b17-13+,24-16-. The number of hydrazone groups is 1. The first kappa shape index (κ1) is 22.0. The van der Waals surface area contributed by atoms with Crippen LogP contribution < -0.4 is 19.6 Å². The van der Waals surface area contributed by atoms with Gasteiger partial charge in [-0.1, -0.05) is 36.4 Å². The molecule has 0 heterocycles. The number of hydrogen-bond acceptors (Lipinski definition) is 5. The molecule has 0 saturated carbocycles. The number of hydrogen-bond donors (Lipinski definition) is 1. The summed E-state index contributed by atoms with van der Waals surface area (Å²) in [5.41, 5.74) is 4.90. The number of benzene rings is 2. The normalized spacial score (nSPS) is 11.4. The van der Waals surface area contributed by atoms with Crippen LogP contribution in [0.1, 0.15) is 43.6 Å². The summed E-state index contributed by atoms with van der Waals surface area (Å²) < 4.78 is 16.9. The van der Waals surface area contributed by atoms with Crippen molar-refractivity contribution in [1.82, 2.24) is 5.43 Å². The highest BCUT2D eigenvalue weighted by Crippen LogP contribution is 2.39. The van der Waals surface area contributed by atoms with Gasteiger partial charge in [0.1, 0.15) is 0 Å². The molecule has 2 rings (SSSR count). The summed E-state index contributed by atoms with van der Waals surface area (Å²) in [5.74, 6) is 1.07. The summed E-state index contributed by atoms with van der Waals surface area (Å²) in [6.45, 7) is 8.88. The highest BCUT2D eigenvalue weighted by Gasteiger charge is 2.18. The van der Waals surface area contributed by atoms with Crippen LogP contribution in [0, 0.1) is 0 Å². The lowest BCUT2D eigenvalue weighted by atomic mass is 10.1. The van der Waals surface area contributed by atoms with E-state index in [9.17, 15) is 4.79 Å². The van der Waals surface area contributed by atoms with Crippen molar-refractivity contribution >= 4 is 18.2 Å². The van der Waals surface area contributed by atoms with Crippen molar-refractivity contribution in [2.45, 2.75) is 27.7 Å². The quantitative estimate of drug-likeness (QED) is 0.467. The van der Waals surface area contributed by atoms with E-state index in [1.165, 1.54) is 0 Å². The van der Waals surface area contributed by atoms with Gasteiger partial charge in [0.25, 0.3) is 5.91 Å². The summed E-state index contributed by atoms with van der Waals surface area (Å²) >= 11 is 0. The molecule has 0 radical (unpaired) electrons. The van der Waals surface area contributed by atoms with Gasteiger partial charge in [-0.05, 0) is 51.0 Å². The van der Waals surface area contributed by atoms with Gasteiger partial charge >= 0.3 is 0 Å². The number of nitrogens with zero attached hydrogens (tertiary/aromatic N) is 1. The number of amides is 1. The SMILES string of the molecule is CCOc1cc(C(=O)N/N=C\C(C)=C\c2ccccc2)cc(OCC)c1OCC. The second-order valence-electron chi connectivity index (χ2n) is 6.10. The molecule has 6 nitrogen and oxygen atoms in total. The Morgan fingerprint density at radius 1 is 0.966 bits per heavy atom. The smallest absolute Gasteiger partial charge is 0.271 e. The molecule has 0 aliphatic carbocycles. The van der Waals surface area contributed by atoms with Crippen LogP contribution >= 0.6 is 0 Å². The summed E-state index contributed by atoms with van der Waals surface area (Å²) in [4.78, 5) is 12.6. The molecule has 2 aromatic carbocycles. The average molecular weight is 396 g/mol. The van der Waals surface area contributed by atoms with Gasteiger partial charge in [0.2, 0.25) is 5.75 Å². The first-order valence-corrected chi connectivity index (χ1v) is 9.72. The van der Waals surface area contributed by atoms with E-state index in [1.54, 1.807) is 18.3 Å². The van der Waals surface area contributed by atoms with Crippen molar-refractivity contribution in [2.75, 3.05) is 19.8 Å². The molecule has 1 N–H and O–H groups in total. The maximum atomic E-state index is 12.6. The van der Waals surface area contributed by atoms with Gasteiger partial charge in [-0.25, -0.2) is 5.43 Å². The van der Waals surface area contributed by atoms with Crippen LogP contribution in [0.5, 0.6) is 17.2 Å². The number of carbonyl (C=O) groups is 1. The zero-order valence-electron chi connectivity index (χ0n) is 17.4. The number of rotatable bonds is 10. The number of allylic oxidation sites excluding steroid dienone is 1. The summed E-state index contributed by atoms with van der Waals surface area (Å²) in [5, 5.41) is 4.05. The van der Waals surface area contributed by atoms with E-state index in [0.29, 0.717) is 42.6 Å². The lowest BCUT2D eigenvalue weighted by molar-refractivity contribution is 0.0954. The Balaban J connectivity index is 2.17. The molecule has 1 amide bonds. The molecule has 29 heavy (non-hydrogen) atoms. The van der Waals surface area contributed by atoms with Gasteiger partial charge in [0.05, 0.1) is 26.0 Å². The number of ether oxygens (including phenoxy) is 3. The van der Waals surface area contributed by atoms with Crippen molar-refractivity contribution in [3.05, 3.63) is 59.2 Å². The summed E-state index contributed by atoms with van der Waals surface area (Å²) in [6, 6.07) is 13.2. The van der Waals surface area contributed by atoms with Crippen molar-refractivity contribution in [2.24, 2.45) is 5.10 Å². The van der Waals surface area contributed by atoms with Crippen molar-refractivity contribution in [3.8, 4) is 17.2 Å². The molecule has 154 valence electrons. The van der Waals surface area contributed by atoms with E-state index < -0.39 is 0 Å². The Morgan fingerprint density at radius 3 is 2.10 bits per heavy atom. The van der Waals surface area contributed by atoms with Crippen LogP contribution in [0.2, 0.25) is 0 Å². The lowest BCUT2D eigenvalue weighted by Gasteiger charge is -2.16. The molecular formula is C23H28N2O4. The van der Waals surface area contributed by atoms with Gasteiger partial charge in [-0.3, -0.25) is 4.79 Å². The minimum atomic E-state index is -0.362. The van der Waals surface area contributed by atoms with E-state index in [1.807, 2.05) is 64.1 Å². The molecule has 0 bridgehead atoms. The number of carbonyl (C=O) groups excluding carboxylic acids is 1. The maximum absolute atomic E-state index is 12.6. The van der Waals surface area contributed by atoms with Gasteiger partial charge < -0.3 is 14.2 Å². The van der Waals surface area contributed by atoms with Gasteiger partial charge in [-0.2, -0.15) is 5.10 Å². The number of nitrogens with one attached hydrogen (secondary N) is 1. The Labute approximate surface area is 172 Å². The van der Waals surface area contributed by atoms with Gasteiger partial charge in [-0.15, -0.1) is 0 Å². The Morgan fingerprint density at radius 2 is 1.55 bits per heavy atom. The van der Waals surface area contributed by atoms with Crippen molar-refractivity contribution in [1.29, 1.82) is 0 Å². The fourth-order valence-corrected chi connectivity index (χ4v) is 2.63. The van der Waals surface area contributed by atoms with Crippen LogP contribution in [0.4, 0.5) is 0 Å². The Bertz CT molecular complexity index is 833. The fraction of sp³-hybridized carbons (Fsp3) is 0.304. The third-order valence-electron chi connectivity index (χ3n) is 3.80. The van der Waals surface area contributed by atoms with Gasteiger partial charge in [0, 0.05) is 5.56 Å². The topological polar surface area (TPSA) is 69.2 Å². The molecule has 0 fully saturated rings. The van der Waals surface area contributed by atoms with E-state index >= 15 is 0 Å². The molecule has 0 unspecified atom stereocenters. The molecule has 0 atom stereocenters. The van der Waals surface area contributed by atoms with Crippen LogP contribution in [0.25, 0.3) is 6.08 Å². The third kappa shape index (κ3) is 6.68. The monoisotopic (exact) mass is 396 g/mol.